The molecule has 3 amide bonds. The summed E-state index contributed by atoms with van der Waals surface area (Å²) in [6.07, 6.45) is 1.35. The van der Waals surface area contributed by atoms with Crippen molar-refractivity contribution in [3.63, 3.8) is 0 Å². The van der Waals surface area contributed by atoms with Crippen LogP contribution in [0.3, 0.4) is 0 Å². The molecule has 1 atom stereocenters. The molecule has 0 radical (unpaired) electrons. The summed E-state index contributed by atoms with van der Waals surface area (Å²) < 4.78 is 13.0. The minimum atomic E-state index is -0.433. The van der Waals surface area contributed by atoms with Gasteiger partial charge in [0.2, 0.25) is 15.9 Å². The number of likely N-dealkylation sites (tertiary alicyclic amines) is 1. The monoisotopic (exact) mass is 481 g/mol. The Morgan fingerprint density at radius 1 is 1.06 bits per heavy atom. The standard InChI is InChI=1S/C24H24FN5O3S/c1-15-4-10-19(11-5-15)27-21(32)22-28-29-23(34-22)24(33)30-12-2-3-17(14-30)20(31)26-13-16-6-8-18(25)9-7-16/h4-11,17H,2-3,12-14H2,1H3,(H,26,31)(H,27,32). The van der Waals surface area contributed by atoms with Crippen LogP contribution in [0, 0.1) is 18.7 Å². The number of piperidine rings is 1. The highest BCUT2D eigenvalue weighted by atomic mass is 32.1. The van der Waals surface area contributed by atoms with Crippen LogP contribution in [0.1, 0.15) is 43.6 Å². The maximum absolute atomic E-state index is 13.0. The van der Waals surface area contributed by atoms with Crippen molar-refractivity contribution in [2.75, 3.05) is 18.4 Å². The fourth-order valence-electron chi connectivity index (χ4n) is 3.67. The Bertz CT molecular complexity index is 1180. The molecule has 0 spiro atoms. The lowest BCUT2D eigenvalue weighted by Gasteiger charge is -2.31. The molecular weight excluding hydrogens is 457 g/mol. The van der Waals surface area contributed by atoms with Gasteiger partial charge in [0, 0.05) is 25.3 Å². The van der Waals surface area contributed by atoms with Gasteiger partial charge < -0.3 is 15.5 Å². The Balaban J connectivity index is 1.33. The number of nitrogens with one attached hydrogen (secondary N) is 2. The zero-order valence-corrected chi connectivity index (χ0v) is 19.4. The summed E-state index contributed by atoms with van der Waals surface area (Å²) in [5.41, 5.74) is 2.50. The summed E-state index contributed by atoms with van der Waals surface area (Å²) in [4.78, 5) is 39.6. The summed E-state index contributed by atoms with van der Waals surface area (Å²) in [5.74, 6) is -1.61. The highest BCUT2D eigenvalue weighted by Gasteiger charge is 2.30. The third-order valence-electron chi connectivity index (χ3n) is 5.57. The van der Waals surface area contributed by atoms with Crippen molar-refractivity contribution >= 4 is 34.7 Å². The molecule has 1 aliphatic heterocycles. The number of nitrogens with zero attached hydrogens (tertiary/aromatic N) is 3. The van der Waals surface area contributed by atoms with Crippen LogP contribution in [0.4, 0.5) is 10.1 Å². The first-order valence-electron chi connectivity index (χ1n) is 10.9. The van der Waals surface area contributed by atoms with Crippen LogP contribution < -0.4 is 10.6 Å². The quantitative estimate of drug-likeness (QED) is 0.562. The number of hydrogen-bond donors (Lipinski definition) is 2. The van der Waals surface area contributed by atoms with Gasteiger partial charge in [-0.15, -0.1) is 10.2 Å². The van der Waals surface area contributed by atoms with E-state index in [1.807, 2.05) is 19.1 Å². The minimum absolute atomic E-state index is 0.0922. The summed E-state index contributed by atoms with van der Waals surface area (Å²) >= 11 is 0.927. The van der Waals surface area contributed by atoms with E-state index >= 15 is 0 Å². The smallest absolute Gasteiger partial charge is 0.286 e. The minimum Gasteiger partial charge on any atom is -0.352 e. The van der Waals surface area contributed by atoms with Crippen LogP contribution in [0.5, 0.6) is 0 Å². The highest BCUT2D eigenvalue weighted by Crippen LogP contribution is 2.21. The normalized spacial score (nSPS) is 15.6. The first-order chi connectivity index (χ1) is 16.4. The van der Waals surface area contributed by atoms with Crippen LogP contribution in [0.25, 0.3) is 0 Å². The van der Waals surface area contributed by atoms with E-state index in [1.54, 1.807) is 29.2 Å². The Kier molecular flexibility index (Phi) is 7.27. The molecule has 34 heavy (non-hydrogen) atoms. The zero-order valence-electron chi connectivity index (χ0n) is 18.6. The summed E-state index contributed by atoms with van der Waals surface area (Å²) in [5, 5.41) is 13.6. The van der Waals surface area contributed by atoms with E-state index in [0.29, 0.717) is 31.6 Å². The van der Waals surface area contributed by atoms with Gasteiger partial charge in [-0.2, -0.15) is 0 Å². The van der Waals surface area contributed by atoms with Gasteiger partial charge in [0.15, 0.2) is 0 Å². The average molecular weight is 482 g/mol. The first-order valence-corrected chi connectivity index (χ1v) is 11.7. The summed E-state index contributed by atoms with van der Waals surface area (Å²) in [7, 11) is 0. The van der Waals surface area contributed by atoms with Crippen molar-refractivity contribution < 1.29 is 18.8 Å². The maximum Gasteiger partial charge on any atom is 0.286 e. The van der Waals surface area contributed by atoms with E-state index in [-0.39, 0.29) is 40.1 Å². The number of aryl methyl sites for hydroxylation is 1. The van der Waals surface area contributed by atoms with Crippen molar-refractivity contribution in [2.24, 2.45) is 5.92 Å². The molecule has 2 N–H and O–H groups in total. The molecule has 1 saturated heterocycles. The number of halogens is 1. The van der Waals surface area contributed by atoms with Gasteiger partial charge in [0.1, 0.15) is 5.82 Å². The van der Waals surface area contributed by atoms with E-state index in [1.165, 1.54) is 12.1 Å². The molecule has 0 saturated carbocycles. The number of rotatable bonds is 6. The molecule has 3 aromatic rings. The summed E-state index contributed by atoms with van der Waals surface area (Å²) in [6.45, 7) is 3.01. The van der Waals surface area contributed by atoms with Crippen LogP contribution in [0.2, 0.25) is 0 Å². The van der Waals surface area contributed by atoms with E-state index in [9.17, 15) is 18.8 Å². The predicted octanol–water partition coefficient (Wildman–Crippen LogP) is 3.41. The number of anilines is 1. The fraction of sp³-hybridized carbons (Fsp3) is 0.292. The molecule has 10 heteroatoms. The van der Waals surface area contributed by atoms with Gasteiger partial charge in [0.25, 0.3) is 11.8 Å². The molecule has 1 aliphatic rings. The van der Waals surface area contributed by atoms with E-state index in [4.69, 9.17) is 0 Å². The van der Waals surface area contributed by atoms with Crippen molar-refractivity contribution in [1.82, 2.24) is 20.4 Å². The molecule has 1 aromatic heterocycles. The number of aromatic nitrogens is 2. The van der Waals surface area contributed by atoms with Gasteiger partial charge in [-0.05, 0) is 49.6 Å². The first kappa shape index (κ1) is 23.5. The number of hydrogen-bond acceptors (Lipinski definition) is 6. The van der Waals surface area contributed by atoms with Gasteiger partial charge in [-0.1, -0.05) is 41.2 Å². The summed E-state index contributed by atoms with van der Waals surface area (Å²) in [6, 6.07) is 13.3. The van der Waals surface area contributed by atoms with E-state index < -0.39 is 5.91 Å². The van der Waals surface area contributed by atoms with Crippen molar-refractivity contribution in [3.05, 3.63) is 75.5 Å². The van der Waals surface area contributed by atoms with Gasteiger partial charge in [-0.3, -0.25) is 14.4 Å². The Morgan fingerprint density at radius 2 is 1.76 bits per heavy atom. The second-order valence-electron chi connectivity index (χ2n) is 8.17. The SMILES string of the molecule is Cc1ccc(NC(=O)c2nnc(C(=O)N3CCCC(C(=O)NCc4ccc(F)cc4)C3)s2)cc1. The van der Waals surface area contributed by atoms with Gasteiger partial charge in [-0.25, -0.2) is 4.39 Å². The zero-order chi connectivity index (χ0) is 24.1. The number of benzene rings is 2. The van der Waals surface area contributed by atoms with Gasteiger partial charge in [0.05, 0.1) is 5.92 Å². The molecule has 1 unspecified atom stereocenters. The molecule has 4 rings (SSSR count). The molecule has 2 heterocycles. The second-order valence-corrected chi connectivity index (χ2v) is 9.14. The fourth-order valence-corrected chi connectivity index (χ4v) is 4.38. The lowest BCUT2D eigenvalue weighted by atomic mass is 9.97. The lowest BCUT2D eigenvalue weighted by Crippen LogP contribution is -2.45. The molecule has 1 fully saturated rings. The van der Waals surface area contributed by atoms with Crippen LogP contribution in [0.15, 0.2) is 48.5 Å². The lowest BCUT2D eigenvalue weighted by molar-refractivity contribution is -0.126. The average Bonchev–Trinajstić information content (AvgIpc) is 3.35. The molecule has 0 aliphatic carbocycles. The second kappa shape index (κ2) is 10.5. The molecular formula is C24H24FN5O3S. The Morgan fingerprint density at radius 3 is 2.50 bits per heavy atom. The Hall–Kier alpha value is -3.66. The molecule has 0 bridgehead atoms. The maximum atomic E-state index is 13.0. The third kappa shape index (κ3) is 5.82. The van der Waals surface area contributed by atoms with Crippen LogP contribution >= 0.6 is 11.3 Å². The molecule has 8 nitrogen and oxygen atoms in total. The number of amides is 3. The van der Waals surface area contributed by atoms with Crippen LogP contribution in [-0.4, -0.2) is 45.9 Å². The molecule has 2 aromatic carbocycles. The Labute approximate surface area is 200 Å². The van der Waals surface area contributed by atoms with Crippen molar-refractivity contribution in [1.29, 1.82) is 0 Å². The van der Waals surface area contributed by atoms with E-state index in [2.05, 4.69) is 20.8 Å². The number of carbonyl (C=O) groups is 3. The molecule has 176 valence electrons. The number of carbonyl (C=O) groups excluding carboxylic acids is 3. The topological polar surface area (TPSA) is 104 Å². The van der Waals surface area contributed by atoms with Crippen molar-refractivity contribution in [2.45, 2.75) is 26.3 Å². The predicted molar refractivity (Wildman–Crippen MR) is 126 cm³/mol. The van der Waals surface area contributed by atoms with E-state index in [0.717, 1.165) is 22.5 Å². The largest absolute Gasteiger partial charge is 0.352 e. The highest BCUT2D eigenvalue weighted by molar-refractivity contribution is 7.15. The third-order valence-corrected chi connectivity index (χ3v) is 6.48. The van der Waals surface area contributed by atoms with Crippen molar-refractivity contribution in [3.8, 4) is 0 Å². The van der Waals surface area contributed by atoms with Gasteiger partial charge >= 0.3 is 0 Å². The van der Waals surface area contributed by atoms with Crippen LogP contribution in [-0.2, 0) is 11.3 Å².